The van der Waals surface area contributed by atoms with E-state index in [0.717, 1.165) is 27.5 Å². The number of amides is 1. The van der Waals surface area contributed by atoms with Gasteiger partial charge >= 0.3 is 0 Å². The highest BCUT2D eigenvalue weighted by atomic mass is 32.1. The minimum atomic E-state index is -0.770. The Labute approximate surface area is 280 Å². The maximum atomic E-state index is 14.4. The van der Waals surface area contributed by atoms with Crippen molar-refractivity contribution in [3.05, 3.63) is 143 Å². The van der Waals surface area contributed by atoms with Gasteiger partial charge in [0, 0.05) is 30.8 Å². The summed E-state index contributed by atoms with van der Waals surface area (Å²) in [4.78, 5) is 46.2. The molecule has 11 heteroatoms. The number of benzene rings is 4. The normalized spacial score (nSPS) is 14.4. The zero-order chi connectivity index (χ0) is 33.9. The first-order valence-corrected chi connectivity index (χ1v) is 16.4. The molecule has 0 radical (unpaired) electrons. The number of thiazole rings is 1. The summed E-state index contributed by atoms with van der Waals surface area (Å²) in [5.74, 6) is 0.982. The van der Waals surface area contributed by atoms with Crippen molar-refractivity contribution in [1.82, 2.24) is 9.47 Å². The first-order valence-electron chi connectivity index (χ1n) is 15.6. The van der Waals surface area contributed by atoms with Gasteiger partial charge < -0.3 is 14.4 Å². The van der Waals surface area contributed by atoms with Crippen LogP contribution in [-0.2, 0) is 11.4 Å². The number of carbonyl (C=O) groups excluding carboxylic acids is 1. The van der Waals surface area contributed by atoms with E-state index in [1.165, 1.54) is 23.5 Å². The van der Waals surface area contributed by atoms with E-state index >= 15 is 0 Å². The molecule has 0 saturated heterocycles. The lowest BCUT2D eigenvalue weighted by Gasteiger charge is -2.30. The Kier molecular flexibility index (Phi) is 9.22. The topological polar surface area (TPSA) is 116 Å². The van der Waals surface area contributed by atoms with Crippen LogP contribution in [0.25, 0.3) is 16.8 Å². The number of aromatic nitrogens is 1. The molecule has 1 amide bonds. The second-order valence-corrected chi connectivity index (χ2v) is 12.3. The van der Waals surface area contributed by atoms with Gasteiger partial charge in [-0.05, 0) is 79.1 Å². The van der Waals surface area contributed by atoms with Gasteiger partial charge in [-0.1, -0.05) is 53.8 Å². The quantitative estimate of drug-likeness (QED) is 0.139. The van der Waals surface area contributed by atoms with Gasteiger partial charge in [-0.25, -0.2) is 4.99 Å². The van der Waals surface area contributed by atoms with E-state index in [9.17, 15) is 19.7 Å². The maximum Gasteiger partial charge on any atom is 0.271 e. The van der Waals surface area contributed by atoms with Gasteiger partial charge in [0.1, 0.15) is 24.1 Å². The molecule has 0 unspecified atom stereocenters. The van der Waals surface area contributed by atoms with Crippen LogP contribution in [0.4, 0.5) is 5.69 Å². The van der Waals surface area contributed by atoms with Crippen molar-refractivity contribution in [2.75, 3.05) is 20.2 Å². The summed E-state index contributed by atoms with van der Waals surface area (Å²) in [6.45, 7) is 6.94. The lowest BCUT2D eigenvalue weighted by molar-refractivity contribution is -0.384. The number of nitrogens with zero attached hydrogens (tertiary/aromatic N) is 4. The predicted octanol–water partition coefficient (Wildman–Crippen LogP) is 5.75. The van der Waals surface area contributed by atoms with Crippen LogP contribution >= 0.6 is 11.3 Å². The number of rotatable bonds is 10. The SMILES string of the molecule is CCN(CC)C(=O)C1=C(C)N=c2s/c(=C/c3cccc(OCc4ccc([N+](=O)[O-])cc4)c3)c(=O)n2[C@@H]1c1c(OC)ccc2ccccc12. The maximum absolute atomic E-state index is 14.4. The fourth-order valence-corrected chi connectivity index (χ4v) is 7.06. The molecular weight excluding hydrogens is 628 g/mol. The molecule has 244 valence electrons. The average molecular weight is 663 g/mol. The van der Waals surface area contributed by atoms with Gasteiger partial charge in [-0.3, -0.25) is 24.3 Å². The summed E-state index contributed by atoms with van der Waals surface area (Å²) < 4.78 is 13.9. The van der Waals surface area contributed by atoms with Gasteiger partial charge in [0.15, 0.2) is 4.80 Å². The zero-order valence-electron chi connectivity index (χ0n) is 27.0. The van der Waals surface area contributed by atoms with E-state index in [-0.39, 0.29) is 23.8 Å². The van der Waals surface area contributed by atoms with Crippen molar-refractivity contribution >= 4 is 39.8 Å². The van der Waals surface area contributed by atoms with Crippen LogP contribution in [0.3, 0.4) is 0 Å². The summed E-state index contributed by atoms with van der Waals surface area (Å²) in [6, 6.07) is 24.5. The van der Waals surface area contributed by atoms with Crippen LogP contribution in [0.1, 0.15) is 43.5 Å². The number of allylic oxidation sites excluding steroid dienone is 1. The lowest BCUT2D eigenvalue weighted by atomic mass is 9.90. The Morgan fingerprint density at radius 2 is 1.79 bits per heavy atom. The molecule has 6 rings (SSSR count). The highest BCUT2D eigenvalue weighted by Gasteiger charge is 2.36. The second kappa shape index (κ2) is 13.7. The van der Waals surface area contributed by atoms with Gasteiger partial charge in [0.05, 0.1) is 27.8 Å². The van der Waals surface area contributed by atoms with Crippen LogP contribution in [0.5, 0.6) is 11.5 Å². The van der Waals surface area contributed by atoms with Crippen LogP contribution in [0, 0.1) is 10.1 Å². The van der Waals surface area contributed by atoms with Crippen molar-refractivity contribution in [1.29, 1.82) is 0 Å². The first kappa shape index (κ1) is 32.4. The molecule has 1 aliphatic rings. The predicted molar refractivity (Wildman–Crippen MR) is 186 cm³/mol. The number of fused-ring (bicyclic) bond motifs is 2. The molecule has 0 saturated carbocycles. The van der Waals surface area contributed by atoms with Crippen LogP contribution in [0.2, 0.25) is 0 Å². The molecule has 0 N–H and O–H groups in total. The Bertz CT molecular complexity index is 2250. The summed E-state index contributed by atoms with van der Waals surface area (Å²) in [6.07, 6.45) is 1.80. The Morgan fingerprint density at radius 1 is 1.04 bits per heavy atom. The highest BCUT2D eigenvalue weighted by Crippen LogP contribution is 2.40. The smallest absolute Gasteiger partial charge is 0.271 e. The van der Waals surface area contributed by atoms with Crippen molar-refractivity contribution in [2.45, 2.75) is 33.4 Å². The van der Waals surface area contributed by atoms with Gasteiger partial charge in [-0.2, -0.15) is 0 Å². The molecule has 5 aromatic rings. The number of hydrogen-bond donors (Lipinski definition) is 0. The molecule has 10 nitrogen and oxygen atoms in total. The highest BCUT2D eigenvalue weighted by molar-refractivity contribution is 7.07. The molecule has 0 spiro atoms. The number of non-ortho nitro benzene ring substituents is 1. The van der Waals surface area contributed by atoms with Crippen LogP contribution in [0.15, 0.2) is 106 Å². The number of nitro benzene ring substituents is 1. The van der Waals surface area contributed by atoms with E-state index in [2.05, 4.69) is 0 Å². The summed E-state index contributed by atoms with van der Waals surface area (Å²) >= 11 is 1.26. The van der Waals surface area contributed by atoms with Crippen LogP contribution in [-0.4, -0.2) is 40.5 Å². The number of ether oxygens (including phenoxy) is 2. The third kappa shape index (κ3) is 6.12. The fourth-order valence-electron chi connectivity index (χ4n) is 6.01. The number of hydrogen-bond acceptors (Lipinski definition) is 8. The standard InChI is InChI=1S/C37H34N4O6S/c1-5-39(6-2)36(43)32-23(3)38-37-40(34(32)33-29-13-8-7-11-26(29)16-19-30(33)46-4)35(42)31(48-37)21-25-10-9-12-28(20-25)47-22-24-14-17-27(18-15-24)41(44)45/h7-21,34H,5-6,22H2,1-4H3/b31-21+/t34-/m0/s1. The minimum Gasteiger partial charge on any atom is -0.496 e. The Morgan fingerprint density at radius 3 is 2.50 bits per heavy atom. The first-order chi connectivity index (χ1) is 23.2. The summed E-state index contributed by atoms with van der Waals surface area (Å²) in [7, 11) is 1.59. The molecule has 48 heavy (non-hydrogen) atoms. The monoisotopic (exact) mass is 662 g/mol. The largest absolute Gasteiger partial charge is 0.496 e. The van der Waals surface area contributed by atoms with E-state index < -0.39 is 11.0 Å². The number of likely N-dealkylation sites (N-methyl/N-ethyl adjacent to an activating group) is 1. The number of nitro groups is 1. The van der Waals surface area contributed by atoms with Crippen molar-refractivity contribution < 1.29 is 19.2 Å². The van der Waals surface area contributed by atoms with Crippen LogP contribution < -0.4 is 24.4 Å². The Hall–Kier alpha value is -5.55. The van der Waals surface area contributed by atoms with Crippen molar-refractivity contribution in [3.8, 4) is 11.5 Å². The number of carbonyl (C=O) groups is 1. The molecule has 0 bridgehead atoms. The lowest BCUT2D eigenvalue weighted by Crippen LogP contribution is -2.43. The van der Waals surface area contributed by atoms with Crippen molar-refractivity contribution in [2.24, 2.45) is 4.99 Å². The molecule has 2 heterocycles. The molecule has 0 aliphatic carbocycles. The Balaban J connectivity index is 1.45. The van der Waals surface area contributed by atoms with E-state index in [1.54, 1.807) is 34.8 Å². The van der Waals surface area contributed by atoms with Gasteiger partial charge in [-0.15, -0.1) is 0 Å². The molecular formula is C37H34N4O6S. The van der Waals surface area contributed by atoms with Gasteiger partial charge in [0.2, 0.25) is 0 Å². The van der Waals surface area contributed by atoms with Gasteiger partial charge in [0.25, 0.3) is 17.2 Å². The van der Waals surface area contributed by atoms with E-state index in [4.69, 9.17) is 14.5 Å². The molecule has 1 aromatic heterocycles. The third-order valence-electron chi connectivity index (χ3n) is 8.44. The van der Waals surface area contributed by atoms with E-state index in [0.29, 0.717) is 45.2 Å². The minimum absolute atomic E-state index is 0.0167. The second-order valence-electron chi connectivity index (χ2n) is 11.2. The molecule has 0 fully saturated rings. The molecule has 4 aromatic carbocycles. The molecule has 1 aliphatic heterocycles. The van der Waals surface area contributed by atoms with E-state index in [1.807, 2.05) is 81.4 Å². The summed E-state index contributed by atoms with van der Waals surface area (Å²) in [5.41, 5.74) is 3.01. The number of methoxy groups -OCH3 is 1. The molecule has 1 atom stereocenters. The fraction of sp³-hybridized carbons (Fsp3) is 0.216. The average Bonchev–Trinajstić information content (AvgIpc) is 3.40. The summed E-state index contributed by atoms with van der Waals surface area (Å²) in [5, 5.41) is 12.8. The zero-order valence-corrected chi connectivity index (χ0v) is 27.8. The third-order valence-corrected chi connectivity index (χ3v) is 9.42. The van der Waals surface area contributed by atoms with Crippen molar-refractivity contribution in [3.63, 3.8) is 0 Å².